The Labute approximate surface area is 95.2 Å². The number of carbonyl (C=O) groups is 2. The molecular weight excluding hydrogens is 237 g/mol. The fourth-order valence-electron chi connectivity index (χ4n) is 1.49. The van der Waals surface area contributed by atoms with Crippen molar-refractivity contribution in [3.63, 3.8) is 0 Å². The van der Waals surface area contributed by atoms with Crippen LogP contribution in [0.3, 0.4) is 0 Å². The highest BCUT2D eigenvalue weighted by Crippen LogP contribution is 2.39. The number of alkyl halides is 3. The minimum absolute atomic E-state index is 0.123. The lowest BCUT2D eigenvalue weighted by Gasteiger charge is -2.15. The zero-order valence-corrected chi connectivity index (χ0v) is 9.09. The van der Waals surface area contributed by atoms with E-state index in [0.717, 1.165) is 26.2 Å². The molecule has 17 heavy (non-hydrogen) atoms. The highest BCUT2D eigenvalue weighted by Gasteiger charge is 2.36. The number of hydrogen-bond donors (Lipinski definition) is 0. The Morgan fingerprint density at radius 1 is 1.35 bits per heavy atom. The van der Waals surface area contributed by atoms with Crippen LogP contribution in [0.5, 0.6) is 5.75 Å². The number of rotatable bonds is 3. The maximum atomic E-state index is 12.6. The van der Waals surface area contributed by atoms with Crippen molar-refractivity contribution in [1.82, 2.24) is 0 Å². The molecule has 0 radical (unpaired) electrons. The van der Waals surface area contributed by atoms with Gasteiger partial charge >= 0.3 is 6.18 Å². The fourth-order valence-corrected chi connectivity index (χ4v) is 1.49. The first-order valence-corrected chi connectivity index (χ1v) is 4.57. The van der Waals surface area contributed by atoms with Gasteiger partial charge in [0.2, 0.25) is 0 Å². The number of halogens is 3. The maximum Gasteiger partial charge on any atom is 0.419 e. The average molecular weight is 246 g/mol. The van der Waals surface area contributed by atoms with E-state index in [0.29, 0.717) is 6.29 Å². The normalized spacial score (nSPS) is 11.1. The second-order valence-corrected chi connectivity index (χ2v) is 3.28. The highest BCUT2D eigenvalue weighted by atomic mass is 19.4. The molecule has 3 nitrogen and oxygen atoms in total. The molecule has 0 aliphatic rings. The van der Waals surface area contributed by atoms with Crippen LogP contribution in [-0.2, 0) is 6.18 Å². The van der Waals surface area contributed by atoms with Crippen LogP contribution in [0.2, 0.25) is 0 Å². The number of aldehydes is 1. The molecule has 0 N–H and O–H groups in total. The second kappa shape index (κ2) is 4.57. The molecular formula is C11H9F3O3. The van der Waals surface area contributed by atoms with E-state index >= 15 is 0 Å². The molecule has 0 atom stereocenters. The van der Waals surface area contributed by atoms with Crippen LogP contribution in [0, 0.1) is 0 Å². The molecule has 0 aliphatic carbocycles. The quantitative estimate of drug-likeness (QED) is 0.608. The van der Waals surface area contributed by atoms with Crippen molar-refractivity contribution in [2.45, 2.75) is 13.1 Å². The van der Waals surface area contributed by atoms with Crippen molar-refractivity contribution in [2.24, 2.45) is 0 Å². The largest absolute Gasteiger partial charge is 0.495 e. The Bertz CT molecular complexity index is 464. The van der Waals surface area contributed by atoms with E-state index in [2.05, 4.69) is 4.74 Å². The highest BCUT2D eigenvalue weighted by molar-refractivity contribution is 6.04. The van der Waals surface area contributed by atoms with E-state index in [1.54, 1.807) is 0 Å². The van der Waals surface area contributed by atoms with Gasteiger partial charge in [0, 0.05) is 5.56 Å². The summed E-state index contributed by atoms with van der Waals surface area (Å²) in [5, 5.41) is 0. The Balaban J connectivity index is 3.64. The van der Waals surface area contributed by atoms with Gasteiger partial charge in [-0.2, -0.15) is 13.2 Å². The van der Waals surface area contributed by atoms with E-state index in [-0.39, 0.29) is 11.1 Å². The van der Waals surface area contributed by atoms with Crippen LogP contribution >= 0.6 is 0 Å². The predicted molar refractivity (Wildman–Crippen MR) is 53.4 cm³/mol. The molecule has 1 rings (SSSR count). The molecule has 0 aromatic heterocycles. The van der Waals surface area contributed by atoms with E-state index in [4.69, 9.17) is 0 Å². The smallest absolute Gasteiger partial charge is 0.419 e. The first-order chi connectivity index (χ1) is 7.82. The van der Waals surface area contributed by atoms with Crippen molar-refractivity contribution >= 4 is 12.1 Å². The number of methoxy groups -OCH3 is 1. The first-order valence-electron chi connectivity index (χ1n) is 4.57. The van der Waals surface area contributed by atoms with E-state index in [9.17, 15) is 22.8 Å². The third-order valence-corrected chi connectivity index (χ3v) is 2.18. The lowest BCUT2D eigenvalue weighted by atomic mass is 9.99. The minimum Gasteiger partial charge on any atom is -0.495 e. The van der Waals surface area contributed by atoms with Crippen LogP contribution in [0.25, 0.3) is 0 Å². The summed E-state index contributed by atoms with van der Waals surface area (Å²) >= 11 is 0. The summed E-state index contributed by atoms with van der Waals surface area (Å²) in [5.74, 6) is -1.27. The zero-order chi connectivity index (χ0) is 13.2. The Hall–Kier alpha value is -1.85. The van der Waals surface area contributed by atoms with Gasteiger partial charge in [0.25, 0.3) is 0 Å². The summed E-state index contributed by atoms with van der Waals surface area (Å²) in [7, 11) is 1.02. The molecule has 0 heterocycles. The molecule has 1 aromatic rings. The molecule has 0 amide bonds. The minimum atomic E-state index is -4.64. The number of ether oxygens (including phenoxy) is 1. The number of carbonyl (C=O) groups excluding carboxylic acids is 2. The topological polar surface area (TPSA) is 43.4 Å². The lowest BCUT2D eigenvalue weighted by molar-refractivity contribution is -0.138. The van der Waals surface area contributed by atoms with Gasteiger partial charge in [0.05, 0.1) is 18.2 Å². The number of benzene rings is 1. The van der Waals surface area contributed by atoms with Crippen molar-refractivity contribution in [3.05, 3.63) is 28.8 Å². The van der Waals surface area contributed by atoms with Gasteiger partial charge in [-0.1, -0.05) is 6.07 Å². The molecule has 6 heteroatoms. The summed E-state index contributed by atoms with van der Waals surface area (Å²) in [6.07, 6.45) is -4.32. The fraction of sp³-hybridized carbons (Fsp3) is 0.273. The van der Waals surface area contributed by atoms with Crippen molar-refractivity contribution in [3.8, 4) is 5.75 Å². The average Bonchev–Trinajstić information content (AvgIpc) is 2.25. The number of hydrogen-bond acceptors (Lipinski definition) is 3. The molecule has 0 fully saturated rings. The Morgan fingerprint density at radius 2 is 1.94 bits per heavy atom. The van der Waals surface area contributed by atoms with Gasteiger partial charge in [0.15, 0.2) is 12.1 Å². The van der Waals surface area contributed by atoms with Crippen molar-refractivity contribution < 1.29 is 27.5 Å². The van der Waals surface area contributed by atoms with Crippen LogP contribution in [0.4, 0.5) is 13.2 Å². The molecule has 92 valence electrons. The van der Waals surface area contributed by atoms with Crippen molar-refractivity contribution in [2.75, 3.05) is 7.11 Å². The summed E-state index contributed by atoms with van der Waals surface area (Å²) in [4.78, 5) is 21.9. The second-order valence-electron chi connectivity index (χ2n) is 3.28. The molecule has 0 saturated heterocycles. The molecule has 1 aromatic carbocycles. The van der Waals surface area contributed by atoms with Crippen LogP contribution in [0.1, 0.15) is 33.2 Å². The molecule has 0 bridgehead atoms. The standard InChI is InChI=1S/C11H9F3O3/c1-6(16)9-7(5-15)3-4-8(10(9)17-2)11(12,13)14/h3-5H,1-2H3. The van der Waals surface area contributed by atoms with Gasteiger partial charge < -0.3 is 4.74 Å². The third-order valence-electron chi connectivity index (χ3n) is 2.18. The van der Waals surface area contributed by atoms with Gasteiger partial charge in [-0.05, 0) is 13.0 Å². The zero-order valence-electron chi connectivity index (χ0n) is 9.09. The van der Waals surface area contributed by atoms with Crippen LogP contribution in [-0.4, -0.2) is 19.2 Å². The van der Waals surface area contributed by atoms with E-state index in [1.807, 2.05) is 0 Å². The van der Waals surface area contributed by atoms with Crippen LogP contribution < -0.4 is 4.74 Å². The molecule has 0 saturated carbocycles. The van der Waals surface area contributed by atoms with Gasteiger partial charge in [-0.25, -0.2) is 0 Å². The summed E-state index contributed by atoms with van der Waals surface area (Å²) in [5.41, 5.74) is -1.55. The van der Waals surface area contributed by atoms with Gasteiger partial charge in [-0.3, -0.25) is 9.59 Å². The molecule has 0 unspecified atom stereocenters. The first kappa shape index (κ1) is 13.2. The number of Topliss-reactive ketones (excluding diaryl/α,β-unsaturated/α-hetero) is 1. The summed E-state index contributed by atoms with van der Waals surface area (Å²) in [6.45, 7) is 1.07. The lowest BCUT2D eigenvalue weighted by Crippen LogP contribution is -2.12. The Morgan fingerprint density at radius 3 is 2.29 bits per heavy atom. The monoisotopic (exact) mass is 246 g/mol. The van der Waals surface area contributed by atoms with Gasteiger partial charge in [-0.15, -0.1) is 0 Å². The van der Waals surface area contributed by atoms with E-state index in [1.165, 1.54) is 0 Å². The Kier molecular flexibility index (Phi) is 3.55. The molecule has 0 aliphatic heterocycles. The third kappa shape index (κ3) is 2.46. The van der Waals surface area contributed by atoms with Gasteiger partial charge in [0.1, 0.15) is 5.75 Å². The summed E-state index contributed by atoms with van der Waals surface area (Å²) in [6, 6.07) is 1.67. The van der Waals surface area contributed by atoms with Crippen LogP contribution in [0.15, 0.2) is 12.1 Å². The molecule has 0 spiro atoms. The van der Waals surface area contributed by atoms with Crippen molar-refractivity contribution in [1.29, 1.82) is 0 Å². The van der Waals surface area contributed by atoms with E-state index < -0.39 is 23.3 Å². The predicted octanol–water partition coefficient (Wildman–Crippen LogP) is 2.73. The summed E-state index contributed by atoms with van der Waals surface area (Å²) < 4.78 is 42.5. The SMILES string of the molecule is COc1c(C(F)(F)F)ccc(C=O)c1C(C)=O. The maximum absolute atomic E-state index is 12.6. The number of ketones is 1.